The maximum absolute atomic E-state index is 12.0. The number of benzene rings is 1. The highest BCUT2D eigenvalue weighted by atomic mass is 31.0. The van der Waals surface area contributed by atoms with Gasteiger partial charge in [0.05, 0.1) is 5.92 Å². The number of nitrogens with one attached hydrogen (secondary N) is 1. The minimum Gasteiger partial charge on any atom is -0.459 e. The van der Waals surface area contributed by atoms with Crippen LogP contribution in [0.15, 0.2) is 35.1 Å². The van der Waals surface area contributed by atoms with Gasteiger partial charge in [-0.05, 0) is 24.3 Å². The molecule has 9 heteroatoms. The van der Waals surface area contributed by atoms with Crippen molar-refractivity contribution in [2.75, 3.05) is 6.54 Å². The molecule has 1 fully saturated rings. The van der Waals surface area contributed by atoms with E-state index in [0.717, 1.165) is 5.56 Å². The number of ether oxygens (including phenoxy) is 1. The average Bonchev–Trinajstić information content (AvgIpc) is 2.55. The Bertz CT molecular complexity index is 582. The molecular formula is C13H18N4O3P2. The van der Waals surface area contributed by atoms with Gasteiger partial charge in [-0.2, -0.15) is 0 Å². The number of guanidine groups is 1. The fraction of sp³-hybridized carbons (Fsp3) is 0.308. The lowest BCUT2D eigenvalue weighted by molar-refractivity contribution is -0.159. The summed E-state index contributed by atoms with van der Waals surface area (Å²) in [5.74, 6) is -0.920. The predicted molar refractivity (Wildman–Crippen MR) is 89.4 cm³/mol. The smallest absolute Gasteiger partial charge is 0.329 e. The quantitative estimate of drug-likeness (QED) is 0.259. The van der Waals surface area contributed by atoms with Crippen molar-refractivity contribution in [2.24, 2.45) is 16.4 Å². The molecule has 1 aromatic rings. The number of carbonyl (C=O) groups excluding carboxylic acids is 2. The fourth-order valence-electron chi connectivity index (χ4n) is 2.03. The third-order valence-electron chi connectivity index (χ3n) is 3.33. The fourth-order valence-corrected chi connectivity index (χ4v) is 2.60. The first-order chi connectivity index (χ1) is 10.5. The van der Waals surface area contributed by atoms with Crippen LogP contribution in [0, 0.1) is 5.92 Å². The maximum atomic E-state index is 12.0. The van der Waals surface area contributed by atoms with Crippen molar-refractivity contribution in [1.29, 1.82) is 0 Å². The summed E-state index contributed by atoms with van der Waals surface area (Å²) in [6.07, 6.45) is 0. The van der Waals surface area contributed by atoms with E-state index in [1.54, 1.807) is 0 Å². The Kier molecular flexibility index (Phi) is 5.69. The SMILES string of the molecule is N/C(=N\P)N(P)CC1C(=O)NC1C(=O)OCc1ccccc1. The van der Waals surface area contributed by atoms with Crippen LogP contribution in [-0.4, -0.2) is 35.1 Å². The van der Waals surface area contributed by atoms with Gasteiger partial charge in [0.25, 0.3) is 0 Å². The zero-order valence-corrected chi connectivity index (χ0v) is 14.1. The van der Waals surface area contributed by atoms with Crippen LogP contribution in [0.3, 0.4) is 0 Å². The van der Waals surface area contributed by atoms with Gasteiger partial charge in [0.2, 0.25) is 5.91 Å². The molecule has 4 unspecified atom stereocenters. The van der Waals surface area contributed by atoms with E-state index >= 15 is 0 Å². The lowest BCUT2D eigenvalue weighted by atomic mass is 9.90. The second kappa shape index (κ2) is 7.52. The Morgan fingerprint density at radius 2 is 2.09 bits per heavy atom. The summed E-state index contributed by atoms with van der Waals surface area (Å²) in [5, 5.41) is 2.56. The number of rotatable bonds is 5. The predicted octanol–water partition coefficient (Wildman–Crippen LogP) is 0.0413. The van der Waals surface area contributed by atoms with Crippen molar-refractivity contribution in [3.05, 3.63) is 35.9 Å². The largest absolute Gasteiger partial charge is 0.459 e. The molecule has 0 spiro atoms. The van der Waals surface area contributed by atoms with Gasteiger partial charge < -0.3 is 20.5 Å². The first-order valence-electron chi connectivity index (χ1n) is 6.59. The van der Waals surface area contributed by atoms with Gasteiger partial charge in [0.1, 0.15) is 12.6 Å². The normalized spacial score (nSPS) is 20.8. The molecule has 7 nitrogen and oxygen atoms in total. The van der Waals surface area contributed by atoms with E-state index in [4.69, 9.17) is 10.5 Å². The highest BCUT2D eigenvalue weighted by Gasteiger charge is 2.45. The van der Waals surface area contributed by atoms with Crippen LogP contribution in [0.5, 0.6) is 0 Å². The van der Waals surface area contributed by atoms with E-state index in [1.165, 1.54) is 4.67 Å². The lowest BCUT2D eigenvalue weighted by Crippen LogP contribution is -2.65. The zero-order valence-electron chi connectivity index (χ0n) is 11.8. The minimum atomic E-state index is -0.656. The standard InChI is InChI=1S/C13H18N4O3P2/c14-13(16-21)17(22)6-9-10(15-11(9)18)12(19)20-7-8-4-2-1-3-5-8/h1-5,9-10H,6-7,21-22H2,(H2,14,16)(H,15,18). The molecule has 0 aliphatic carbocycles. The summed E-state index contributed by atoms with van der Waals surface area (Å²) in [6, 6.07) is 8.70. The molecule has 1 aromatic carbocycles. The van der Waals surface area contributed by atoms with Gasteiger partial charge in [-0.3, -0.25) is 4.79 Å². The number of nitrogens with zero attached hydrogens (tertiary/aromatic N) is 2. The molecule has 4 atom stereocenters. The highest BCUT2D eigenvalue weighted by Crippen LogP contribution is 2.20. The van der Waals surface area contributed by atoms with E-state index in [0.29, 0.717) is 0 Å². The van der Waals surface area contributed by atoms with Crippen molar-refractivity contribution in [1.82, 2.24) is 9.99 Å². The molecule has 0 aromatic heterocycles. The molecule has 118 valence electrons. The van der Waals surface area contributed by atoms with Crippen LogP contribution in [0.4, 0.5) is 0 Å². The Morgan fingerprint density at radius 3 is 2.68 bits per heavy atom. The number of amides is 1. The number of esters is 1. The van der Waals surface area contributed by atoms with Crippen molar-refractivity contribution in [3.63, 3.8) is 0 Å². The molecule has 1 amide bonds. The van der Waals surface area contributed by atoms with Crippen LogP contribution in [-0.2, 0) is 20.9 Å². The molecule has 1 heterocycles. The first-order valence-corrected chi connectivity index (χ1v) is 7.62. The number of hydrogen-bond acceptors (Lipinski definition) is 4. The van der Waals surface area contributed by atoms with Gasteiger partial charge in [-0.15, -0.1) is 0 Å². The summed E-state index contributed by atoms with van der Waals surface area (Å²) in [7, 11) is 4.51. The summed E-state index contributed by atoms with van der Waals surface area (Å²) >= 11 is 0. The number of hydrogen-bond donors (Lipinski definition) is 2. The Labute approximate surface area is 133 Å². The van der Waals surface area contributed by atoms with Crippen molar-refractivity contribution in [2.45, 2.75) is 12.6 Å². The van der Waals surface area contributed by atoms with Crippen LogP contribution < -0.4 is 11.1 Å². The van der Waals surface area contributed by atoms with E-state index in [2.05, 4.69) is 28.9 Å². The Hall–Kier alpha value is -1.71. The molecule has 1 aliphatic heterocycles. The lowest BCUT2D eigenvalue weighted by Gasteiger charge is -2.37. The van der Waals surface area contributed by atoms with Crippen LogP contribution in [0.1, 0.15) is 5.56 Å². The van der Waals surface area contributed by atoms with Crippen LogP contribution >= 0.6 is 18.8 Å². The third-order valence-corrected chi connectivity index (χ3v) is 4.07. The van der Waals surface area contributed by atoms with Gasteiger partial charge in [0, 0.05) is 6.54 Å². The van der Waals surface area contributed by atoms with Crippen molar-refractivity contribution >= 4 is 36.6 Å². The maximum Gasteiger partial charge on any atom is 0.329 e. The molecule has 1 saturated heterocycles. The van der Waals surface area contributed by atoms with E-state index < -0.39 is 17.9 Å². The molecule has 0 saturated carbocycles. The average molecular weight is 340 g/mol. The van der Waals surface area contributed by atoms with E-state index in [1.807, 2.05) is 30.3 Å². The minimum absolute atomic E-state index is 0.179. The van der Waals surface area contributed by atoms with Crippen molar-refractivity contribution in [3.8, 4) is 0 Å². The Balaban J connectivity index is 1.88. The summed E-state index contributed by atoms with van der Waals surface area (Å²) < 4.78 is 10.5. The second-order valence-electron chi connectivity index (χ2n) is 4.83. The highest BCUT2D eigenvalue weighted by molar-refractivity contribution is 7.16. The van der Waals surface area contributed by atoms with Gasteiger partial charge in [0.15, 0.2) is 5.96 Å². The topological polar surface area (TPSA) is 97.0 Å². The third kappa shape index (κ3) is 3.93. The monoisotopic (exact) mass is 340 g/mol. The molecule has 1 aliphatic rings. The number of carbonyl (C=O) groups is 2. The summed E-state index contributed by atoms with van der Waals surface area (Å²) in [4.78, 5) is 23.7. The van der Waals surface area contributed by atoms with E-state index in [9.17, 15) is 9.59 Å². The number of nitrogens with two attached hydrogens (primary N) is 1. The van der Waals surface area contributed by atoms with E-state index in [-0.39, 0.29) is 25.0 Å². The second-order valence-corrected chi connectivity index (χ2v) is 5.71. The van der Waals surface area contributed by atoms with Gasteiger partial charge in [-0.1, -0.05) is 30.3 Å². The Morgan fingerprint density at radius 1 is 1.41 bits per heavy atom. The summed E-state index contributed by atoms with van der Waals surface area (Å²) in [6.45, 7) is 0.448. The zero-order chi connectivity index (χ0) is 16.1. The van der Waals surface area contributed by atoms with Crippen LogP contribution in [0.2, 0.25) is 0 Å². The van der Waals surface area contributed by atoms with Crippen molar-refractivity contribution < 1.29 is 14.3 Å². The first kappa shape index (κ1) is 16.7. The molecule has 3 N–H and O–H groups in total. The van der Waals surface area contributed by atoms with Gasteiger partial charge >= 0.3 is 5.97 Å². The van der Waals surface area contributed by atoms with Crippen LogP contribution in [0.25, 0.3) is 0 Å². The molecule has 0 bridgehead atoms. The molecule has 2 rings (SSSR count). The number of β-lactam (4-membered cyclic amide) rings is 1. The molecule has 0 radical (unpaired) electrons. The molecular weight excluding hydrogens is 322 g/mol. The summed E-state index contributed by atoms with van der Waals surface area (Å²) in [5.41, 5.74) is 6.53. The molecule has 22 heavy (non-hydrogen) atoms. The van der Waals surface area contributed by atoms with Gasteiger partial charge in [-0.25, -0.2) is 9.56 Å².